The Bertz CT molecular complexity index is 883. The Morgan fingerprint density at radius 3 is 1.93 bits per heavy atom. The highest BCUT2D eigenvalue weighted by molar-refractivity contribution is 7.90. The molecule has 0 spiro atoms. The lowest BCUT2D eigenvalue weighted by Gasteiger charge is -2.36. The Hall–Kier alpha value is -1.69. The van der Waals surface area contributed by atoms with E-state index >= 15 is 0 Å². The second-order valence-corrected chi connectivity index (χ2v) is 15.6. The Balaban J connectivity index is 2.53. The highest BCUT2D eigenvalue weighted by Crippen LogP contribution is 2.23. The number of hydrogen-bond acceptors (Lipinski definition) is 2. The lowest BCUT2D eigenvalue weighted by Crippen LogP contribution is -2.62. The van der Waals surface area contributed by atoms with E-state index in [9.17, 15) is 8.42 Å². The van der Waals surface area contributed by atoms with Gasteiger partial charge in [0.25, 0.3) is 0 Å². The van der Waals surface area contributed by atoms with Crippen molar-refractivity contribution < 1.29 is 8.42 Å². The summed E-state index contributed by atoms with van der Waals surface area (Å²) in [6, 6.07) is 20.3. The van der Waals surface area contributed by atoms with Crippen molar-refractivity contribution >= 4 is 29.4 Å². The molecule has 27 heavy (non-hydrogen) atoms. The average Bonchev–Trinajstić information content (AvgIpc) is 2.60. The maximum Gasteiger partial charge on any atom is 0.216 e. The molecule has 0 aliphatic rings. The van der Waals surface area contributed by atoms with Crippen LogP contribution in [-0.4, -0.2) is 26.9 Å². The summed E-state index contributed by atoms with van der Waals surface area (Å²) in [7, 11) is -5.65. The molecule has 146 valence electrons. The minimum atomic E-state index is -3.48. The summed E-state index contributed by atoms with van der Waals surface area (Å²) in [5, 5.41) is 1.23. The SMILES string of the molecule is C/C(=C\c1ccccc1)C(NS(=O)(=O)C(C)(C)C)[Si](C)(C)c1ccccc1. The molecule has 1 N–H and O–H groups in total. The molecule has 0 amide bonds. The van der Waals surface area contributed by atoms with Gasteiger partial charge in [-0.15, -0.1) is 0 Å². The van der Waals surface area contributed by atoms with Crippen molar-refractivity contribution in [1.29, 1.82) is 0 Å². The molecule has 0 aliphatic heterocycles. The first-order valence-corrected chi connectivity index (χ1v) is 13.8. The fourth-order valence-electron chi connectivity index (χ4n) is 3.07. The van der Waals surface area contributed by atoms with E-state index in [1.54, 1.807) is 20.8 Å². The van der Waals surface area contributed by atoms with Crippen molar-refractivity contribution in [2.75, 3.05) is 0 Å². The molecule has 1 unspecified atom stereocenters. The second kappa shape index (κ2) is 8.13. The van der Waals surface area contributed by atoms with Crippen molar-refractivity contribution in [2.24, 2.45) is 0 Å². The quantitative estimate of drug-likeness (QED) is 0.732. The number of sulfonamides is 1. The van der Waals surface area contributed by atoms with Gasteiger partial charge in [0.15, 0.2) is 0 Å². The summed E-state index contributed by atoms with van der Waals surface area (Å²) in [6.07, 6.45) is 2.09. The third-order valence-electron chi connectivity index (χ3n) is 4.97. The van der Waals surface area contributed by atoms with E-state index in [4.69, 9.17) is 0 Å². The highest BCUT2D eigenvalue weighted by Gasteiger charge is 2.40. The van der Waals surface area contributed by atoms with Gasteiger partial charge in [0.2, 0.25) is 10.0 Å². The lowest BCUT2D eigenvalue weighted by atomic mass is 10.1. The van der Waals surface area contributed by atoms with E-state index in [1.165, 1.54) is 5.19 Å². The standard InChI is InChI=1S/C22H31NO2SSi/c1-18(17-19-13-9-7-10-14-19)21(23-26(24,25)22(2,3)4)27(5,6)20-15-11-8-12-16-20/h7-17,21,23H,1-6H3/b18-17+. The minimum absolute atomic E-state index is 0.232. The number of rotatable bonds is 6. The smallest absolute Gasteiger partial charge is 0.212 e. The number of hydrogen-bond donors (Lipinski definition) is 1. The van der Waals surface area contributed by atoms with Gasteiger partial charge >= 0.3 is 0 Å². The molecular formula is C22H31NO2SSi. The fraction of sp³-hybridized carbons (Fsp3) is 0.364. The Morgan fingerprint density at radius 1 is 0.963 bits per heavy atom. The molecule has 1 atom stereocenters. The molecule has 0 saturated carbocycles. The third kappa shape index (κ3) is 5.18. The highest BCUT2D eigenvalue weighted by atomic mass is 32.2. The molecule has 2 rings (SSSR count). The molecule has 0 radical (unpaired) electrons. The first kappa shape index (κ1) is 21.6. The first-order chi connectivity index (χ1) is 12.4. The van der Waals surface area contributed by atoms with Gasteiger partial charge in [-0.3, -0.25) is 0 Å². The fourth-order valence-corrected chi connectivity index (χ4v) is 8.17. The zero-order chi connectivity index (χ0) is 20.3. The molecule has 0 fully saturated rings. The predicted octanol–water partition coefficient (Wildman–Crippen LogP) is 4.33. The summed E-state index contributed by atoms with van der Waals surface area (Å²) in [5.41, 5.74) is 1.88. The zero-order valence-corrected chi connectivity index (χ0v) is 19.0. The zero-order valence-electron chi connectivity index (χ0n) is 17.2. The van der Waals surface area contributed by atoms with E-state index in [0.29, 0.717) is 0 Å². The van der Waals surface area contributed by atoms with Crippen molar-refractivity contribution in [3.63, 3.8) is 0 Å². The van der Waals surface area contributed by atoms with Gasteiger partial charge in [0.05, 0.1) is 4.75 Å². The maximum atomic E-state index is 13.0. The van der Waals surface area contributed by atoms with Crippen molar-refractivity contribution in [3.8, 4) is 0 Å². The average molecular weight is 402 g/mol. The van der Waals surface area contributed by atoms with Crippen LogP contribution in [0.5, 0.6) is 0 Å². The van der Waals surface area contributed by atoms with E-state index in [0.717, 1.165) is 11.1 Å². The molecule has 5 heteroatoms. The van der Waals surface area contributed by atoms with Crippen LogP contribution in [0.15, 0.2) is 66.2 Å². The minimum Gasteiger partial charge on any atom is -0.212 e. The molecule has 0 bridgehead atoms. The summed E-state index contributed by atoms with van der Waals surface area (Å²) < 4.78 is 28.2. The molecule has 2 aromatic carbocycles. The van der Waals surface area contributed by atoms with Crippen LogP contribution in [-0.2, 0) is 10.0 Å². The van der Waals surface area contributed by atoms with Crippen LogP contribution in [0.2, 0.25) is 13.1 Å². The van der Waals surface area contributed by atoms with E-state index in [2.05, 4.69) is 36.0 Å². The lowest BCUT2D eigenvalue weighted by molar-refractivity contribution is 0.544. The van der Waals surface area contributed by atoms with Gasteiger partial charge in [0.1, 0.15) is 8.07 Å². The van der Waals surface area contributed by atoms with Crippen LogP contribution in [0.25, 0.3) is 6.08 Å². The van der Waals surface area contributed by atoms with Crippen molar-refractivity contribution in [2.45, 2.75) is 51.2 Å². The van der Waals surface area contributed by atoms with Crippen LogP contribution in [0.4, 0.5) is 0 Å². The summed E-state index contributed by atoms with van der Waals surface area (Å²) >= 11 is 0. The van der Waals surface area contributed by atoms with Crippen LogP contribution < -0.4 is 9.91 Å². The monoisotopic (exact) mass is 401 g/mol. The van der Waals surface area contributed by atoms with Crippen LogP contribution in [0.1, 0.15) is 33.3 Å². The third-order valence-corrected chi connectivity index (χ3v) is 11.2. The summed E-state index contributed by atoms with van der Waals surface area (Å²) in [5.74, 6) is 0. The van der Waals surface area contributed by atoms with Crippen LogP contribution in [0.3, 0.4) is 0 Å². The molecule has 0 aliphatic carbocycles. The normalized spacial score (nSPS) is 14.8. The van der Waals surface area contributed by atoms with E-state index in [-0.39, 0.29) is 5.67 Å². The topological polar surface area (TPSA) is 46.2 Å². The summed E-state index contributed by atoms with van der Waals surface area (Å²) in [6.45, 7) is 11.7. The first-order valence-electron chi connectivity index (χ1n) is 9.26. The van der Waals surface area contributed by atoms with Gasteiger partial charge < -0.3 is 0 Å². The second-order valence-electron chi connectivity index (χ2n) is 8.55. The predicted molar refractivity (Wildman–Crippen MR) is 119 cm³/mol. The van der Waals surface area contributed by atoms with Crippen LogP contribution >= 0.6 is 0 Å². The molecule has 0 heterocycles. The van der Waals surface area contributed by atoms with Gasteiger partial charge in [0, 0.05) is 5.67 Å². The maximum absolute atomic E-state index is 13.0. The number of benzene rings is 2. The van der Waals surface area contributed by atoms with Crippen molar-refractivity contribution in [3.05, 3.63) is 71.8 Å². The van der Waals surface area contributed by atoms with Crippen molar-refractivity contribution in [1.82, 2.24) is 4.72 Å². The Labute approximate surface area is 165 Å². The summed E-state index contributed by atoms with van der Waals surface area (Å²) in [4.78, 5) is 0. The Morgan fingerprint density at radius 2 is 1.44 bits per heavy atom. The largest absolute Gasteiger partial charge is 0.216 e. The molecule has 0 saturated heterocycles. The van der Waals surface area contributed by atoms with E-state index < -0.39 is 22.8 Å². The molecule has 0 aromatic heterocycles. The number of nitrogens with one attached hydrogen (secondary N) is 1. The molecule has 2 aromatic rings. The van der Waals surface area contributed by atoms with Crippen LogP contribution in [0, 0.1) is 0 Å². The van der Waals surface area contributed by atoms with Gasteiger partial charge in [-0.05, 0) is 33.3 Å². The van der Waals surface area contributed by atoms with Gasteiger partial charge in [-0.1, -0.05) is 90.6 Å². The van der Waals surface area contributed by atoms with Gasteiger partial charge in [-0.2, -0.15) is 0 Å². The molecular weight excluding hydrogens is 370 g/mol. The Kier molecular flexibility index (Phi) is 6.50. The molecule has 3 nitrogen and oxygen atoms in total. The van der Waals surface area contributed by atoms with Gasteiger partial charge in [-0.25, -0.2) is 13.1 Å². The van der Waals surface area contributed by atoms with E-state index in [1.807, 2.05) is 55.5 Å².